The molecular weight excluding hydrogens is 296 g/mol. The van der Waals surface area contributed by atoms with Crippen LogP contribution >= 0.6 is 11.8 Å². The Kier molecular flexibility index (Phi) is 4.59. The van der Waals surface area contributed by atoms with Crippen molar-refractivity contribution in [2.45, 2.75) is 33.1 Å². The molecule has 1 aromatic carbocycles. The average molecular weight is 320 g/mol. The summed E-state index contributed by atoms with van der Waals surface area (Å²) in [5.41, 5.74) is 2.54. The molecule has 1 N–H and O–H groups in total. The summed E-state index contributed by atoms with van der Waals surface area (Å²) >= 11 is 1.54. The standard InChI is InChI=1S/C17H24N2O2S/c1-11-7-12(8-13(15(11)20)17(2,3)4)9-14-16(21)19(10-22-14)18(5)6/h7-9,20H,10H2,1-6H3. The number of amides is 1. The van der Waals surface area contributed by atoms with E-state index in [1.807, 2.05) is 39.2 Å². The van der Waals surface area contributed by atoms with Gasteiger partial charge in [0.15, 0.2) is 0 Å². The minimum atomic E-state index is -0.147. The zero-order valence-corrected chi connectivity index (χ0v) is 14.9. The highest BCUT2D eigenvalue weighted by Gasteiger charge is 2.28. The van der Waals surface area contributed by atoms with Crippen molar-refractivity contribution in [1.29, 1.82) is 0 Å². The van der Waals surface area contributed by atoms with Crippen molar-refractivity contribution in [1.82, 2.24) is 10.0 Å². The quantitative estimate of drug-likeness (QED) is 0.849. The van der Waals surface area contributed by atoms with Crippen LogP contribution in [0.25, 0.3) is 6.08 Å². The van der Waals surface area contributed by atoms with Crippen molar-refractivity contribution in [2.24, 2.45) is 0 Å². The Morgan fingerprint density at radius 1 is 1.32 bits per heavy atom. The molecule has 1 aliphatic heterocycles. The van der Waals surface area contributed by atoms with Gasteiger partial charge in [-0.15, -0.1) is 0 Å². The van der Waals surface area contributed by atoms with Gasteiger partial charge in [0.25, 0.3) is 5.91 Å². The first-order valence-corrected chi connectivity index (χ1v) is 8.27. The molecule has 0 unspecified atom stereocenters. The lowest BCUT2D eigenvalue weighted by Crippen LogP contribution is -2.37. The van der Waals surface area contributed by atoms with Gasteiger partial charge in [-0.1, -0.05) is 32.5 Å². The lowest BCUT2D eigenvalue weighted by Gasteiger charge is -2.22. The fourth-order valence-electron chi connectivity index (χ4n) is 2.39. The molecule has 1 amide bonds. The van der Waals surface area contributed by atoms with E-state index in [1.165, 1.54) is 11.8 Å². The van der Waals surface area contributed by atoms with Crippen molar-refractivity contribution >= 4 is 23.7 Å². The Morgan fingerprint density at radius 2 is 1.95 bits per heavy atom. The number of hydrogen-bond donors (Lipinski definition) is 1. The molecular formula is C17H24N2O2S. The maximum Gasteiger partial charge on any atom is 0.275 e. The van der Waals surface area contributed by atoms with Crippen molar-refractivity contribution < 1.29 is 9.90 Å². The number of nitrogens with zero attached hydrogens (tertiary/aromatic N) is 2. The van der Waals surface area contributed by atoms with E-state index < -0.39 is 0 Å². The van der Waals surface area contributed by atoms with Gasteiger partial charge in [0.1, 0.15) is 5.75 Å². The van der Waals surface area contributed by atoms with Crippen LogP contribution in [0.2, 0.25) is 0 Å². The first kappa shape index (κ1) is 16.9. The van der Waals surface area contributed by atoms with E-state index in [0.29, 0.717) is 11.6 Å². The molecule has 0 spiro atoms. The maximum absolute atomic E-state index is 12.3. The molecule has 120 valence electrons. The van der Waals surface area contributed by atoms with E-state index in [4.69, 9.17) is 0 Å². The highest BCUT2D eigenvalue weighted by atomic mass is 32.2. The Hall–Kier alpha value is -1.46. The van der Waals surface area contributed by atoms with E-state index in [2.05, 4.69) is 20.8 Å². The number of hydrogen-bond acceptors (Lipinski definition) is 4. The van der Waals surface area contributed by atoms with Crippen LogP contribution < -0.4 is 0 Å². The summed E-state index contributed by atoms with van der Waals surface area (Å²) in [6.07, 6.45) is 1.91. The summed E-state index contributed by atoms with van der Waals surface area (Å²) in [5, 5.41) is 13.8. The number of thioether (sulfide) groups is 1. The monoisotopic (exact) mass is 320 g/mol. The molecule has 22 heavy (non-hydrogen) atoms. The fraction of sp³-hybridized carbons (Fsp3) is 0.471. The Bertz CT molecular complexity index is 630. The molecule has 1 aliphatic rings. The molecule has 1 saturated heterocycles. The van der Waals surface area contributed by atoms with Gasteiger partial charge in [0.05, 0.1) is 10.8 Å². The minimum absolute atomic E-state index is 0.0260. The third-order valence-electron chi connectivity index (χ3n) is 3.70. The van der Waals surface area contributed by atoms with Gasteiger partial charge in [-0.3, -0.25) is 9.80 Å². The lowest BCUT2D eigenvalue weighted by molar-refractivity contribution is -0.136. The van der Waals surface area contributed by atoms with Crippen molar-refractivity contribution in [3.63, 3.8) is 0 Å². The molecule has 0 atom stereocenters. The number of aromatic hydroxyl groups is 1. The van der Waals surface area contributed by atoms with Crippen LogP contribution in [0.3, 0.4) is 0 Å². The summed E-state index contributed by atoms with van der Waals surface area (Å²) < 4.78 is 0. The number of phenolic OH excluding ortho intramolecular Hbond substituents is 1. The molecule has 0 radical (unpaired) electrons. The van der Waals surface area contributed by atoms with Crippen LogP contribution in [-0.4, -0.2) is 41.0 Å². The number of carbonyl (C=O) groups excluding carboxylic acids is 1. The molecule has 0 saturated carbocycles. The Balaban J connectivity index is 2.41. The number of aryl methyl sites for hydroxylation is 1. The zero-order chi connectivity index (χ0) is 16.7. The van der Waals surface area contributed by atoms with Gasteiger partial charge in [-0.25, -0.2) is 5.01 Å². The van der Waals surface area contributed by atoms with E-state index >= 15 is 0 Å². The molecule has 0 aromatic heterocycles. The van der Waals surface area contributed by atoms with Gasteiger partial charge in [-0.05, 0) is 41.7 Å². The summed E-state index contributed by atoms with van der Waals surface area (Å²) in [4.78, 5) is 13.1. The van der Waals surface area contributed by atoms with E-state index in [-0.39, 0.29) is 11.3 Å². The number of carbonyl (C=O) groups is 1. The van der Waals surface area contributed by atoms with Crippen LogP contribution in [0, 0.1) is 6.92 Å². The van der Waals surface area contributed by atoms with E-state index in [0.717, 1.165) is 21.6 Å². The largest absolute Gasteiger partial charge is 0.507 e. The zero-order valence-electron chi connectivity index (χ0n) is 14.1. The molecule has 0 aliphatic carbocycles. The average Bonchev–Trinajstić information content (AvgIpc) is 2.74. The molecule has 1 heterocycles. The summed E-state index contributed by atoms with van der Waals surface area (Å²) in [7, 11) is 3.73. The van der Waals surface area contributed by atoms with Gasteiger partial charge >= 0.3 is 0 Å². The van der Waals surface area contributed by atoms with E-state index in [1.54, 1.807) is 10.0 Å². The minimum Gasteiger partial charge on any atom is -0.507 e. The second-order valence-corrected chi connectivity index (χ2v) is 7.80. The van der Waals surface area contributed by atoms with Gasteiger partial charge in [0, 0.05) is 19.7 Å². The molecule has 2 rings (SSSR count). The summed E-state index contributed by atoms with van der Waals surface area (Å²) in [6.45, 7) is 8.10. The van der Waals surface area contributed by atoms with Crippen LogP contribution in [-0.2, 0) is 10.2 Å². The first-order valence-electron chi connectivity index (χ1n) is 7.29. The van der Waals surface area contributed by atoms with Crippen LogP contribution in [0.15, 0.2) is 17.0 Å². The molecule has 1 fully saturated rings. The summed E-state index contributed by atoms with van der Waals surface area (Å²) in [5.74, 6) is 1.01. The number of phenols is 1. The molecule has 5 heteroatoms. The smallest absolute Gasteiger partial charge is 0.275 e. The van der Waals surface area contributed by atoms with Gasteiger partial charge in [-0.2, -0.15) is 0 Å². The normalized spacial score (nSPS) is 17.9. The van der Waals surface area contributed by atoms with Crippen LogP contribution in [0.5, 0.6) is 5.75 Å². The second-order valence-electron chi connectivity index (χ2n) is 6.82. The molecule has 4 nitrogen and oxygen atoms in total. The fourth-order valence-corrected chi connectivity index (χ4v) is 3.45. The SMILES string of the molecule is Cc1cc(C=C2SCN(N(C)C)C2=O)cc(C(C)(C)C)c1O. The predicted molar refractivity (Wildman–Crippen MR) is 92.5 cm³/mol. The third-order valence-corrected chi connectivity index (χ3v) is 4.68. The molecule has 0 bridgehead atoms. The second kappa shape index (κ2) is 5.97. The van der Waals surface area contributed by atoms with E-state index in [9.17, 15) is 9.90 Å². The highest BCUT2D eigenvalue weighted by molar-refractivity contribution is 8.04. The highest BCUT2D eigenvalue weighted by Crippen LogP contribution is 2.36. The topological polar surface area (TPSA) is 43.8 Å². The van der Waals surface area contributed by atoms with Crippen LogP contribution in [0.4, 0.5) is 0 Å². The van der Waals surface area contributed by atoms with Crippen molar-refractivity contribution in [2.75, 3.05) is 20.0 Å². The first-order chi connectivity index (χ1) is 10.1. The number of hydrazine groups is 1. The predicted octanol–water partition coefficient (Wildman–Crippen LogP) is 3.35. The van der Waals surface area contributed by atoms with Gasteiger partial charge in [0.2, 0.25) is 0 Å². The van der Waals surface area contributed by atoms with Crippen LogP contribution in [0.1, 0.15) is 37.5 Å². The van der Waals surface area contributed by atoms with Crippen molar-refractivity contribution in [3.8, 4) is 5.75 Å². The lowest BCUT2D eigenvalue weighted by atomic mass is 9.84. The van der Waals surface area contributed by atoms with Crippen molar-refractivity contribution in [3.05, 3.63) is 33.7 Å². The summed E-state index contributed by atoms with van der Waals surface area (Å²) in [6, 6.07) is 3.89. The Morgan fingerprint density at radius 3 is 2.45 bits per heavy atom. The Labute approximate surface area is 136 Å². The third kappa shape index (κ3) is 3.31. The number of rotatable bonds is 2. The maximum atomic E-state index is 12.3. The van der Waals surface area contributed by atoms with Gasteiger partial charge < -0.3 is 5.11 Å². The molecule has 1 aromatic rings. The number of benzene rings is 1.